The first-order chi connectivity index (χ1) is 12.9. The third-order valence-corrected chi connectivity index (χ3v) is 5.05. The van der Waals surface area contributed by atoms with Gasteiger partial charge in [-0.05, 0) is 17.5 Å². The smallest absolute Gasteiger partial charge is 0.205 e. The molecule has 1 aromatic heterocycles. The van der Waals surface area contributed by atoms with Gasteiger partial charge in [0, 0.05) is 24.0 Å². The molecule has 1 aromatic carbocycles. The van der Waals surface area contributed by atoms with Gasteiger partial charge in [-0.15, -0.1) is 0 Å². The molecule has 0 unspecified atom stereocenters. The van der Waals surface area contributed by atoms with Crippen molar-refractivity contribution in [3.05, 3.63) is 71.0 Å². The number of rotatable bonds is 2. The highest BCUT2D eigenvalue weighted by Crippen LogP contribution is 2.48. The van der Waals surface area contributed by atoms with Gasteiger partial charge in [0.15, 0.2) is 5.78 Å². The van der Waals surface area contributed by atoms with Crippen LogP contribution >= 0.6 is 0 Å². The lowest BCUT2D eigenvalue weighted by molar-refractivity contribution is -0.119. The third kappa shape index (κ3) is 2.93. The van der Waals surface area contributed by atoms with E-state index in [9.17, 15) is 10.1 Å². The topological polar surface area (TPSA) is 89.2 Å². The summed E-state index contributed by atoms with van der Waals surface area (Å²) in [7, 11) is 0. The van der Waals surface area contributed by atoms with E-state index >= 15 is 0 Å². The number of nitriles is 1. The van der Waals surface area contributed by atoms with Crippen molar-refractivity contribution in [2.45, 2.75) is 32.6 Å². The molecule has 0 saturated heterocycles. The molecule has 0 fully saturated rings. The third-order valence-electron chi connectivity index (χ3n) is 5.05. The fourth-order valence-electron chi connectivity index (χ4n) is 3.83. The van der Waals surface area contributed by atoms with E-state index in [1.54, 1.807) is 6.07 Å². The number of ketones is 1. The molecule has 2 N–H and O–H groups in total. The lowest BCUT2D eigenvalue weighted by Crippen LogP contribution is -2.33. The van der Waals surface area contributed by atoms with Crippen LogP contribution in [0.2, 0.25) is 0 Å². The minimum absolute atomic E-state index is 0.0239. The molecule has 0 saturated carbocycles. The summed E-state index contributed by atoms with van der Waals surface area (Å²) in [5.74, 6) is 1.15. The van der Waals surface area contributed by atoms with Crippen molar-refractivity contribution in [1.82, 2.24) is 0 Å². The maximum atomic E-state index is 12.9. The highest BCUT2D eigenvalue weighted by atomic mass is 16.5. The van der Waals surface area contributed by atoms with Gasteiger partial charge in [0.1, 0.15) is 28.9 Å². The van der Waals surface area contributed by atoms with Crippen LogP contribution in [0.3, 0.4) is 0 Å². The Kier molecular flexibility index (Phi) is 3.92. The molecule has 0 amide bonds. The maximum Gasteiger partial charge on any atom is 0.205 e. The SMILES string of the molecule is CC1(C)CC(=O)C2=C(C1)OC(N)=C(C#N)[C@H]2c1ccc(-c2ccccc2)o1. The Bertz CT molecular complexity index is 1020. The number of furan rings is 1. The minimum Gasteiger partial charge on any atom is -0.460 e. The normalized spacial score (nSPS) is 21.5. The molecule has 136 valence electrons. The van der Waals surface area contributed by atoms with Gasteiger partial charge in [-0.3, -0.25) is 4.79 Å². The molecule has 2 heterocycles. The van der Waals surface area contributed by atoms with Crippen molar-refractivity contribution in [3.8, 4) is 17.4 Å². The van der Waals surface area contributed by atoms with Gasteiger partial charge in [-0.2, -0.15) is 5.26 Å². The summed E-state index contributed by atoms with van der Waals surface area (Å²) in [5, 5.41) is 9.65. The maximum absolute atomic E-state index is 12.9. The summed E-state index contributed by atoms with van der Waals surface area (Å²) >= 11 is 0. The molecule has 1 aliphatic heterocycles. The molecule has 4 rings (SSSR count). The van der Waals surface area contributed by atoms with Crippen LogP contribution in [0.15, 0.2) is 69.7 Å². The number of ether oxygens (including phenoxy) is 1. The molecule has 2 aromatic rings. The predicted molar refractivity (Wildman–Crippen MR) is 99.8 cm³/mol. The van der Waals surface area contributed by atoms with E-state index in [1.807, 2.05) is 50.2 Å². The summed E-state index contributed by atoms with van der Waals surface area (Å²) < 4.78 is 11.8. The first kappa shape index (κ1) is 17.2. The second-order valence-electron chi connectivity index (χ2n) is 7.77. The Morgan fingerprint density at radius 1 is 1.15 bits per heavy atom. The van der Waals surface area contributed by atoms with Crippen LogP contribution in [0.25, 0.3) is 11.3 Å². The summed E-state index contributed by atoms with van der Waals surface area (Å²) in [6.45, 7) is 4.04. The fourth-order valence-corrected chi connectivity index (χ4v) is 3.83. The average Bonchev–Trinajstić information content (AvgIpc) is 3.10. The van der Waals surface area contributed by atoms with Crippen LogP contribution < -0.4 is 5.73 Å². The minimum atomic E-state index is -0.625. The lowest BCUT2D eigenvalue weighted by Gasteiger charge is -2.36. The molecular formula is C22H20N2O3. The number of hydrogen-bond acceptors (Lipinski definition) is 5. The van der Waals surface area contributed by atoms with Crippen molar-refractivity contribution < 1.29 is 13.9 Å². The van der Waals surface area contributed by atoms with Crippen LogP contribution in [0, 0.1) is 16.7 Å². The van der Waals surface area contributed by atoms with E-state index in [-0.39, 0.29) is 22.7 Å². The number of carbonyl (C=O) groups excluding carboxylic acids is 1. The van der Waals surface area contributed by atoms with Crippen molar-refractivity contribution in [3.63, 3.8) is 0 Å². The monoisotopic (exact) mass is 360 g/mol. The molecule has 5 heteroatoms. The number of hydrogen-bond donors (Lipinski definition) is 1. The van der Waals surface area contributed by atoms with Crippen LogP contribution in [-0.4, -0.2) is 5.78 Å². The van der Waals surface area contributed by atoms with Gasteiger partial charge in [0.25, 0.3) is 0 Å². The van der Waals surface area contributed by atoms with Crippen LogP contribution in [-0.2, 0) is 9.53 Å². The number of Topliss-reactive ketones (excluding diaryl/α,β-unsaturated/α-hetero) is 1. The molecule has 0 radical (unpaired) electrons. The highest BCUT2D eigenvalue weighted by molar-refractivity contribution is 5.99. The Balaban J connectivity index is 1.83. The van der Waals surface area contributed by atoms with Crippen molar-refractivity contribution in [2.75, 3.05) is 0 Å². The molecule has 1 aliphatic carbocycles. The molecule has 1 atom stereocenters. The van der Waals surface area contributed by atoms with Crippen LogP contribution in [0.4, 0.5) is 0 Å². The molecule has 5 nitrogen and oxygen atoms in total. The summed E-state index contributed by atoms with van der Waals surface area (Å²) in [5.41, 5.74) is 7.46. The largest absolute Gasteiger partial charge is 0.460 e. The van der Waals surface area contributed by atoms with E-state index < -0.39 is 5.92 Å². The van der Waals surface area contributed by atoms with Gasteiger partial charge in [0.2, 0.25) is 5.88 Å². The highest BCUT2D eigenvalue weighted by Gasteiger charge is 2.44. The van der Waals surface area contributed by atoms with E-state index in [4.69, 9.17) is 14.9 Å². The Labute approximate surface area is 157 Å². The number of nitrogens with zero attached hydrogens (tertiary/aromatic N) is 1. The molecule has 0 spiro atoms. The Hall–Kier alpha value is -3.26. The number of benzene rings is 1. The van der Waals surface area contributed by atoms with E-state index in [0.717, 1.165) is 5.56 Å². The average molecular weight is 360 g/mol. The first-order valence-electron chi connectivity index (χ1n) is 8.88. The molecule has 27 heavy (non-hydrogen) atoms. The van der Waals surface area contributed by atoms with Gasteiger partial charge in [-0.25, -0.2) is 0 Å². The number of carbonyl (C=O) groups is 1. The van der Waals surface area contributed by atoms with Gasteiger partial charge in [0.05, 0.1) is 5.92 Å². The quantitative estimate of drug-likeness (QED) is 0.857. The van der Waals surface area contributed by atoms with E-state index in [1.165, 1.54) is 0 Å². The number of allylic oxidation sites excluding steroid dienone is 3. The summed E-state index contributed by atoms with van der Waals surface area (Å²) in [4.78, 5) is 12.9. The zero-order chi connectivity index (χ0) is 19.2. The second-order valence-corrected chi connectivity index (χ2v) is 7.77. The standard InChI is InChI=1S/C22H20N2O3/c1-22(2)10-15(25)20-18(11-22)27-21(24)14(12-23)19(20)17-9-8-16(26-17)13-6-4-3-5-7-13/h3-9,19H,10-11,24H2,1-2H3/t19-/m0/s1. The summed E-state index contributed by atoms with van der Waals surface area (Å²) in [6, 6.07) is 15.4. The number of nitrogens with two attached hydrogens (primary N) is 1. The summed E-state index contributed by atoms with van der Waals surface area (Å²) in [6.07, 6.45) is 0.993. The van der Waals surface area contributed by atoms with Gasteiger partial charge >= 0.3 is 0 Å². The first-order valence-corrected chi connectivity index (χ1v) is 8.88. The molecule has 2 aliphatic rings. The predicted octanol–water partition coefficient (Wildman–Crippen LogP) is 4.40. The van der Waals surface area contributed by atoms with Gasteiger partial charge < -0.3 is 14.9 Å². The van der Waals surface area contributed by atoms with Crippen molar-refractivity contribution in [1.29, 1.82) is 5.26 Å². The van der Waals surface area contributed by atoms with Crippen molar-refractivity contribution >= 4 is 5.78 Å². The Morgan fingerprint density at radius 3 is 2.59 bits per heavy atom. The fraction of sp³-hybridized carbons (Fsp3) is 0.273. The van der Waals surface area contributed by atoms with Crippen molar-refractivity contribution in [2.24, 2.45) is 11.1 Å². The Morgan fingerprint density at radius 2 is 1.89 bits per heavy atom. The lowest BCUT2D eigenvalue weighted by atomic mass is 9.71. The van der Waals surface area contributed by atoms with E-state index in [0.29, 0.717) is 35.7 Å². The molecule has 0 bridgehead atoms. The van der Waals surface area contributed by atoms with Crippen LogP contribution in [0.1, 0.15) is 38.4 Å². The van der Waals surface area contributed by atoms with Gasteiger partial charge in [-0.1, -0.05) is 44.2 Å². The molecular weight excluding hydrogens is 340 g/mol. The van der Waals surface area contributed by atoms with Crippen LogP contribution in [0.5, 0.6) is 0 Å². The zero-order valence-electron chi connectivity index (χ0n) is 15.3. The van der Waals surface area contributed by atoms with E-state index in [2.05, 4.69) is 6.07 Å². The zero-order valence-corrected chi connectivity index (χ0v) is 15.3. The second kappa shape index (κ2) is 6.17.